The molecule has 0 atom stereocenters. The molecular weight excluding hydrogens is 297 g/mol. The molecule has 0 aliphatic carbocycles. The highest BCUT2D eigenvalue weighted by molar-refractivity contribution is 8.00. The maximum Gasteiger partial charge on any atom is 0.292 e. The number of carbonyl (C=O) groups excluding carboxylic acids is 1. The highest BCUT2D eigenvalue weighted by atomic mass is 32.2. The number of nitrogens with one attached hydrogen (secondary N) is 2. The molecule has 0 saturated carbocycles. The zero-order valence-electron chi connectivity index (χ0n) is 11.3. The van der Waals surface area contributed by atoms with Gasteiger partial charge in [0, 0.05) is 17.4 Å². The van der Waals surface area contributed by atoms with E-state index in [1.807, 2.05) is 0 Å². The zero-order valence-corrected chi connectivity index (χ0v) is 12.1. The summed E-state index contributed by atoms with van der Waals surface area (Å²) in [4.78, 5) is 22.0. The van der Waals surface area contributed by atoms with Crippen molar-refractivity contribution in [3.63, 3.8) is 0 Å². The first-order chi connectivity index (χ1) is 10.1. The van der Waals surface area contributed by atoms with Crippen LogP contribution in [-0.2, 0) is 4.79 Å². The number of hydrogen-bond donors (Lipinski definition) is 2. The third-order valence-corrected chi connectivity index (χ3v) is 4.54. The van der Waals surface area contributed by atoms with Gasteiger partial charge < -0.3 is 10.6 Å². The number of piperidine rings is 1. The van der Waals surface area contributed by atoms with Crippen LogP contribution in [0.2, 0.25) is 0 Å². The van der Waals surface area contributed by atoms with Crippen molar-refractivity contribution in [2.24, 2.45) is 0 Å². The van der Waals surface area contributed by atoms with Crippen LogP contribution in [0.5, 0.6) is 0 Å². The smallest absolute Gasteiger partial charge is 0.292 e. The van der Waals surface area contributed by atoms with Gasteiger partial charge in [0.15, 0.2) is 0 Å². The van der Waals surface area contributed by atoms with E-state index < -0.39 is 10.7 Å². The topological polar surface area (TPSA) is 84.3 Å². The fourth-order valence-electron chi connectivity index (χ4n) is 2.11. The molecule has 1 fully saturated rings. The van der Waals surface area contributed by atoms with Gasteiger partial charge in [-0.05, 0) is 32.0 Å². The summed E-state index contributed by atoms with van der Waals surface area (Å²) in [6.07, 6.45) is 2.00. The Kier molecular flexibility index (Phi) is 5.51. The Bertz CT molecular complexity index is 535. The van der Waals surface area contributed by atoms with Gasteiger partial charge >= 0.3 is 0 Å². The Morgan fingerprint density at radius 1 is 1.48 bits per heavy atom. The summed E-state index contributed by atoms with van der Waals surface area (Å²) >= 11 is 1.53. The molecule has 1 aliphatic heterocycles. The summed E-state index contributed by atoms with van der Waals surface area (Å²) < 4.78 is 13.2. The first-order valence-corrected chi connectivity index (χ1v) is 7.67. The molecule has 1 heterocycles. The molecule has 21 heavy (non-hydrogen) atoms. The van der Waals surface area contributed by atoms with Gasteiger partial charge in [-0.2, -0.15) is 0 Å². The Morgan fingerprint density at radius 3 is 2.86 bits per heavy atom. The van der Waals surface area contributed by atoms with Crippen molar-refractivity contribution in [1.29, 1.82) is 0 Å². The van der Waals surface area contributed by atoms with Gasteiger partial charge in [0.25, 0.3) is 5.69 Å². The van der Waals surface area contributed by atoms with Crippen molar-refractivity contribution < 1.29 is 14.1 Å². The van der Waals surface area contributed by atoms with E-state index in [2.05, 4.69) is 10.6 Å². The van der Waals surface area contributed by atoms with Crippen LogP contribution in [0.3, 0.4) is 0 Å². The minimum Gasteiger partial charge on any atom is -0.320 e. The Balaban J connectivity index is 1.92. The number of nitro groups is 1. The van der Waals surface area contributed by atoms with Gasteiger partial charge in [0.05, 0.1) is 10.7 Å². The third-order valence-electron chi connectivity index (χ3n) is 3.17. The number of halogens is 1. The maximum atomic E-state index is 13.2. The molecule has 1 aromatic carbocycles. The van der Waals surface area contributed by atoms with Crippen LogP contribution in [-0.4, -0.2) is 34.9 Å². The first-order valence-electron chi connectivity index (χ1n) is 6.62. The van der Waals surface area contributed by atoms with Gasteiger partial charge in [-0.25, -0.2) is 4.39 Å². The van der Waals surface area contributed by atoms with E-state index in [9.17, 15) is 19.3 Å². The SMILES string of the molecule is O=C(CSC1CCNCC1)Nc1cc(F)ccc1[N+](=O)[O-]. The third kappa shape index (κ3) is 4.68. The fourth-order valence-corrected chi connectivity index (χ4v) is 3.14. The van der Waals surface area contributed by atoms with Crippen LogP contribution in [0.25, 0.3) is 0 Å². The van der Waals surface area contributed by atoms with Crippen molar-refractivity contribution in [1.82, 2.24) is 5.32 Å². The normalized spacial score (nSPS) is 15.7. The number of rotatable bonds is 5. The molecule has 0 spiro atoms. The average Bonchev–Trinajstić information content (AvgIpc) is 2.46. The molecule has 0 aromatic heterocycles. The summed E-state index contributed by atoms with van der Waals surface area (Å²) in [5, 5.41) is 16.9. The average molecular weight is 313 g/mol. The van der Waals surface area contributed by atoms with Gasteiger partial charge in [0.1, 0.15) is 11.5 Å². The highest BCUT2D eigenvalue weighted by Gasteiger charge is 2.18. The lowest BCUT2D eigenvalue weighted by molar-refractivity contribution is -0.384. The molecule has 0 unspecified atom stereocenters. The number of carbonyl (C=O) groups is 1. The predicted molar refractivity (Wildman–Crippen MR) is 80.0 cm³/mol. The van der Waals surface area contributed by atoms with E-state index in [0.717, 1.165) is 44.1 Å². The lowest BCUT2D eigenvalue weighted by Crippen LogP contribution is -2.30. The molecule has 1 aromatic rings. The van der Waals surface area contributed by atoms with E-state index in [1.165, 1.54) is 11.8 Å². The molecule has 114 valence electrons. The summed E-state index contributed by atoms with van der Waals surface area (Å²) in [6, 6.07) is 3.01. The Labute approximate surface area is 125 Å². The number of thioether (sulfide) groups is 1. The molecule has 1 saturated heterocycles. The standard InChI is InChI=1S/C13H16FN3O3S/c14-9-1-2-12(17(19)20)11(7-9)16-13(18)8-21-10-3-5-15-6-4-10/h1-2,7,10,15H,3-6,8H2,(H,16,18). The number of nitro benzene ring substituents is 1. The van der Waals surface area contributed by atoms with Crippen molar-refractivity contribution in [3.8, 4) is 0 Å². The van der Waals surface area contributed by atoms with Crippen LogP contribution in [0.15, 0.2) is 18.2 Å². The molecule has 2 rings (SSSR count). The summed E-state index contributed by atoms with van der Waals surface area (Å²) in [7, 11) is 0. The highest BCUT2D eigenvalue weighted by Crippen LogP contribution is 2.26. The number of benzene rings is 1. The van der Waals surface area contributed by atoms with E-state index in [-0.39, 0.29) is 23.0 Å². The molecule has 0 radical (unpaired) electrons. The number of anilines is 1. The molecule has 1 aliphatic rings. The van der Waals surface area contributed by atoms with E-state index in [0.29, 0.717) is 5.25 Å². The number of nitrogens with zero attached hydrogens (tertiary/aromatic N) is 1. The largest absolute Gasteiger partial charge is 0.320 e. The number of hydrogen-bond acceptors (Lipinski definition) is 5. The van der Waals surface area contributed by atoms with E-state index in [1.54, 1.807) is 0 Å². The molecule has 1 amide bonds. The fraction of sp³-hybridized carbons (Fsp3) is 0.462. The Hall–Kier alpha value is -1.67. The monoisotopic (exact) mass is 313 g/mol. The summed E-state index contributed by atoms with van der Waals surface area (Å²) in [5.41, 5.74) is -0.410. The minimum atomic E-state index is -0.644. The van der Waals surface area contributed by atoms with Crippen LogP contribution >= 0.6 is 11.8 Å². The minimum absolute atomic E-state index is 0.101. The summed E-state index contributed by atoms with van der Waals surface area (Å²) in [5.74, 6) is -0.771. The van der Waals surface area contributed by atoms with Crippen LogP contribution in [0, 0.1) is 15.9 Å². The van der Waals surface area contributed by atoms with Crippen molar-refractivity contribution >= 4 is 29.0 Å². The number of amides is 1. The zero-order chi connectivity index (χ0) is 15.2. The van der Waals surface area contributed by atoms with Crippen molar-refractivity contribution in [3.05, 3.63) is 34.1 Å². The second-order valence-corrected chi connectivity index (χ2v) is 6.02. The second-order valence-electron chi connectivity index (χ2n) is 4.73. The van der Waals surface area contributed by atoms with E-state index >= 15 is 0 Å². The van der Waals surface area contributed by atoms with Crippen LogP contribution < -0.4 is 10.6 Å². The van der Waals surface area contributed by atoms with Gasteiger partial charge in [-0.15, -0.1) is 11.8 Å². The quantitative estimate of drug-likeness (QED) is 0.643. The lowest BCUT2D eigenvalue weighted by Gasteiger charge is -2.21. The van der Waals surface area contributed by atoms with Crippen LogP contribution in [0.1, 0.15) is 12.8 Å². The predicted octanol–water partition coefficient (Wildman–Crippen LogP) is 2.16. The molecule has 6 nitrogen and oxygen atoms in total. The maximum absolute atomic E-state index is 13.2. The molecular formula is C13H16FN3O3S. The first kappa shape index (κ1) is 15.7. The van der Waals surface area contributed by atoms with Gasteiger partial charge in [-0.1, -0.05) is 0 Å². The second kappa shape index (κ2) is 7.37. The summed E-state index contributed by atoms with van der Waals surface area (Å²) in [6.45, 7) is 1.88. The van der Waals surface area contributed by atoms with Gasteiger partial charge in [0.2, 0.25) is 5.91 Å². The molecule has 2 N–H and O–H groups in total. The van der Waals surface area contributed by atoms with E-state index in [4.69, 9.17) is 0 Å². The lowest BCUT2D eigenvalue weighted by atomic mass is 10.2. The van der Waals surface area contributed by atoms with Gasteiger partial charge in [-0.3, -0.25) is 14.9 Å². The molecule has 0 bridgehead atoms. The van der Waals surface area contributed by atoms with Crippen molar-refractivity contribution in [2.45, 2.75) is 18.1 Å². The Morgan fingerprint density at radius 2 is 2.19 bits per heavy atom. The van der Waals surface area contributed by atoms with Crippen LogP contribution in [0.4, 0.5) is 15.8 Å². The van der Waals surface area contributed by atoms with Crippen molar-refractivity contribution in [2.75, 3.05) is 24.2 Å². The molecule has 8 heteroatoms.